The molecule has 0 fully saturated rings. The van der Waals surface area contributed by atoms with E-state index in [4.69, 9.17) is 15.2 Å². The van der Waals surface area contributed by atoms with Gasteiger partial charge in [0.2, 0.25) is 6.41 Å². The first-order chi connectivity index (χ1) is 8.91. The van der Waals surface area contributed by atoms with Gasteiger partial charge in [-0.25, -0.2) is 0 Å². The van der Waals surface area contributed by atoms with Crippen LogP contribution in [0.2, 0.25) is 0 Å². The molecule has 0 aromatic rings. The fraction of sp³-hybridized carbons (Fsp3) is 0.769. The zero-order chi connectivity index (χ0) is 13.3. The summed E-state index contributed by atoms with van der Waals surface area (Å²) in [5, 5.41) is 2.53. The molecule has 0 radical (unpaired) electrons. The molecule has 0 aliphatic carbocycles. The monoisotopic (exact) mass is 256 g/mol. The number of amides is 1. The first-order valence-corrected chi connectivity index (χ1v) is 6.40. The summed E-state index contributed by atoms with van der Waals surface area (Å²) in [6.45, 7) is 3.76. The molecule has 3 N–H and O–H groups in total. The summed E-state index contributed by atoms with van der Waals surface area (Å²) in [4.78, 5) is 9.92. The third-order valence-electron chi connectivity index (χ3n) is 2.04. The molecule has 0 bridgehead atoms. The van der Waals surface area contributed by atoms with Crippen molar-refractivity contribution in [3.63, 3.8) is 0 Å². The van der Waals surface area contributed by atoms with Gasteiger partial charge in [0, 0.05) is 39.1 Å². The summed E-state index contributed by atoms with van der Waals surface area (Å²) in [5.74, 6) is 6.19. The summed E-state index contributed by atoms with van der Waals surface area (Å²) in [6, 6.07) is 0. The highest BCUT2D eigenvalue weighted by atomic mass is 16.5. The van der Waals surface area contributed by atoms with Crippen molar-refractivity contribution < 1.29 is 14.3 Å². The highest BCUT2D eigenvalue weighted by Crippen LogP contribution is 1.91. The summed E-state index contributed by atoms with van der Waals surface area (Å²) < 4.78 is 10.5. The molecule has 104 valence electrons. The van der Waals surface area contributed by atoms with Crippen LogP contribution in [0, 0.1) is 11.8 Å². The van der Waals surface area contributed by atoms with Crippen molar-refractivity contribution in [2.75, 3.05) is 39.5 Å². The van der Waals surface area contributed by atoms with E-state index in [0.29, 0.717) is 39.3 Å². The molecule has 0 aliphatic heterocycles. The predicted octanol–water partition coefficient (Wildman–Crippen LogP) is 0.288. The molecule has 18 heavy (non-hydrogen) atoms. The maximum absolute atomic E-state index is 9.92. The number of hydrogen-bond acceptors (Lipinski definition) is 4. The van der Waals surface area contributed by atoms with Crippen LogP contribution >= 0.6 is 0 Å². The van der Waals surface area contributed by atoms with Gasteiger partial charge in [0.25, 0.3) is 0 Å². The molecule has 0 saturated heterocycles. The van der Waals surface area contributed by atoms with Gasteiger partial charge in [-0.15, -0.1) is 11.8 Å². The maximum Gasteiger partial charge on any atom is 0.207 e. The van der Waals surface area contributed by atoms with Crippen molar-refractivity contribution in [2.24, 2.45) is 5.73 Å². The van der Waals surface area contributed by atoms with Gasteiger partial charge in [-0.3, -0.25) is 4.79 Å². The number of nitrogens with one attached hydrogen (secondary N) is 1. The molecule has 0 aromatic carbocycles. The number of hydrogen-bond donors (Lipinski definition) is 2. The summed E-state index contributed by atoms with van der Waals surface area (Å²) in [6.07, 6.45) is 4.28. The second kappa shape index (κ2) is 15.9. The minimum Gasteiger partial charge on any atom is -0.380 e. The van der Waals surface area contributed by atoms with E-state index in [-0.39, 0.29) is 0 Å². The normalized spacial score (nSPS) is 9.61. The van der Waals surface area contributed by atoms with Crippen LogP contribution in [0.15, 0.2) is 0 Å². The third kappa shape index (κ3) is 14.9. The molecule has 5 heteroatoms. The van der Waals surface area contributed by atoms with E-state index < -0.39 is 0 Å². The maximum atomic E-state index is 9.92. The lowest BCUT2D eigenvalue weighted by Crippen LogP contribution is -2.17. The number of carbonyl (C=O) groups excluding carboxylic acids is 1. The van der Waals surface area contributed by atoms with E-state index in [2.05, 4.69) is 17.2 Å². The first kappa shape index (κ1) is 16.9. The van der Waals surface area contributed by atoms with Crippen LogP contribution in [-0.2, 0) is 14.3 Å². The lowest BCUT2D eigenvalue weighted by Gasteiger charge is -2.01. The van der Waals surface area contributed by atoms with Crippen LogP contribution in [0.5, 0.6) is 0 Å². The number of rotatable bonds is 12. The minimum atomic E-state index is 0.560. The largest absolute Gasteiger partial charge is 0.380 e. The molecule has 0 aromatic heterocycles. The predicted molar refractivity (Wildman–Crippen MR) is 71.0 cm³/mol. The Morgan fingerprint density at radius 1 is 1.00 bits per heavy atom. The molecule has 0 unspecified atom stereocenters. The van der Waals surface area contributed by atoms with E-state index >= 15 is 0 Å². The summed E-state index contributed by atoms with van der Waals surface area (Å²) in [7, 11) is 0. The van der Waals surface area contributed by atoms with E-state index in [0.717, 1.165) is 32.3 Å². The Bertz CT molecular complexity index is 236. The quantitative estimate of drug-likeness (QED) is 0.299. The lowest BCUT2D eigenvalue weighted by molar-refractivity contribution is -0.109. The van der Waals surface area contributed by atoms with Gasteiger partial charge in [0.1, 0.15) is 0 Å². The third-order valence-corrected chi connectivity index (χ3v) is 2.04. The van der Waals surface area contributed by atoms with Crippen LogP contribution < -0.4 is 11.1 Å². The molecule has 0 saturated carbocycles. The molecular weight excluding hydrogens is 232 g/mol. The summed E-state index contributed by atoms with van der Waals surface area (Å²) >= 11 is 0. The van der Waals surface area contributed by atoms with E-state index in [1.54, 1.807) is 0 Å². The topological polar surface area (TPSA) is 73.6 Å². The number of unbranched alkanes of at least 4 members (excludes halogenated alkanes) is 2. The zero-order valence-corrected chi connectivity index (χ0v) is 11.0. The molecule has 5 nitrogen and oxygen atoms in total. The Morgan fingerprint density at radius 2 is 1.61 bits per heavy atom. The molecular formula is C13H24N2O3. The van der Waals surface area contributed by atoms with Crippen LogP contribution in [0.25, 0.3) is 0 Å². The van der Waals surface area contributed by atoms with Crippen LogP contribution in [0.3, 0.4) is 0 Å². The van der Waals surface area contributed by atoms with E-state index in [1.165, 1.54) is 0 Å². The van der Waals surface area contributed by atoms with E-state index in [9.17, 15) is 4.79 Å². The molecule has 0 heterocycles. The Labute approximate surface area is 109 Å². The first-order valence-electron chi connectivity index (χ1n) is 6.40. The zero-order valence-electron chi connectivity index (χ0n) is 11.0. The molecule has 0 spiro atoms. The number of nitrogens with two attached hydrogens (primary N) is 1. The van der Waals surface area contributed by atoms with Crippen molar-refractivity contribution >= 4 is 6.41 Å². The van der Waals surface area contributed by atoms with Gasteiger partial charge in [-0.2, -0.15) is 0 Å². The van der Waals surface area contributed by atoms with Crippen molar-refractivity contribution in [1.82, 2.24) is 5.32 Å². The van der Waals surface area contributed by atoms with Crippen molar-refractivity contribution in [3.8, 4) is 11.8 Å². The molecule has 0 rings (SSSR count). The Kier molecular flexibility index (Phi) is 14.9. The van der Waals surface area contributed by atoms with Crippen molar-refractivity contribution in [2.45, 2.75) is 25.7 Å². The Hall–Kier alpha value is -1.09. The standard InChI is InChI=1S/C13H24N2O3/c14-7-11-17-9-5-3-1-2-4-6-10-18-12-8-15-13-16/h13H,3-12,14H2,(H,15,16). The second-order valence-corrected chi connectivity index (χ2v) is 3.65. The van der Waals surface area contributed by atoms with Crippen LogP contribution in [0.4, 0.5) is 0 Å². The lowest BCUT2D eigenvalue weighted by atomic mass is 10.3. The number of ether oxygens (including phenoxy) is 2. The van der Waals surface area contributed by atoms with Gasteiger partial charge in [0.15, 0.2) is 0 Å². The minimum absolute atomic E-state index is 0.560. The molecule has 0 aliphatic rings. The summed E-state index contributed by atoms with van der Waals surface area (Å²) in [5.41, 5.74) is 5.29. The highest BCUT2D eigenvalue weighted by molar-refractivity contribution is 5.45. The Balaban J connectivity index is 3.07. The number of carbonyl (C=O) groups is 1. The average molecular weight is 256 g/mol. The van der Waals surface area contributed by atoms with Crippen LogP contribution in [-0.4, -0.2) is 45.9 Å². The van der Waals surface area contributed by atoms with Crippen molar-refractivity contribution in [1.29, 1.82) is 0 Å². The Morgan fingerprint density at radius 3 is 2.17 bits per heavy atom. The smallest absolute Gasteiger partial charge is 0.207 e. The molecule has 1 amide bonds. The van der Waals surface area contributed by atoms with Crippen LogP contribution in [0.1, 0.15) is 25.7 Å². The van der Waals surface area contributed by atoms with Gasteiger partial charge < -0.3 is 20.5 Å². The van der Waals surface area contributed by atoms with Gasteiger partial charge in [-0.05, 0) is 12.8 Å². The highest BCUT2D eigenvalue weighted by Gasteiger charge is 1.88. The second-order valence-electron chi connectivity index (χ2n) is 3.65. The van der Waals surface area contributed by atoms with Crippen molar-refractivity contribution in [3.05, 3.63) is 0 Å². The van der Waals surface area contributed by atoms with Gasteiger partial charge in [0.05, 0.1) is 13.2 Å². The fourth-order valence-electron chi connectivity index (χ4n) is 1.18. The fourth-order valence-corrected chi connectivity index (χ4v) is 1.18. The average Bonchev–Trinajstić information content (AvgIpc) is 2.39. The van der Waals surface area contributed by atoms with Gasteiger partial charge >= 0.3 is 0 Å². The van der Waals surface area contributed by atoms with E-state index in [1.807, 2.05) is 0 Å². The molecule has 0 atom stereocenters. The van der Waals surface area contributed by atoms with Gasteiger partial charge in [-0.1, -0.05) is 0 Å². The SMILES string of the molecule is NCCOCCCC#CCCCOCCNC=O.